The fourth-order valence-corrected chi connectivity index (χ4v) is 4.50. The lowest BCUT2D eigenvalue weighted by atomic mass is 9.79. The highest BCUT2D eigenvalue weighted by Gasteiger charge is 2.39. The highest BCUT2D eigenvalue weighted by atomic mass is 35.5. The number of amides is 1. The fourth-order valence-electron chi connectivity index (χ4n) is 4.42. The van der Waals surface area contributed by atoms with E-state index in [0.29, 0.717) is 12.3 Å². The van der Waals surface area contributed by atoms with Crippen LogP contribution in [-0.2, 0) is 19.1 Å². The predicted octanol–water partition coefficient (Wildman–Crippen LogP) is 4.21. The van der Waals surface area contributed by atoms with Gasteiger partial charge >= 0.3 is 5.97 Å². The van der Waals surface area contributed by atoms with Crippen molar-refractivity contribution in [3.63, 3.8) is 0 Å². The van der Waals surface area contributed by atoms with Crippen LogP contribution in [0.4, 0.5) is 0 Å². The zero-order valence-corrected chi connectivity index (χ0v) is 18.0. The van der Waals surface area contributed by atoms with Crippen LogP contribution in [0.25, 0.3) is 0 Å². The van der Waals surface area contributed by atoms with Gasteiger partial charge in [0.25, 0.3) is 0 Å². The second-order valence-electron chi connectivity index (χ2n) is 9.26. The van der Waals surface area contributed by atoms with Crippen molar-refractivity contribution in [1.82, 2.24) is 5.32 Å². The van der Waals surface area contributed by atoms with Gasteiger partial charge in [0.15, 0.2) is 0 Å². The van der Waals surface area contributed by atoms with E-state index in [1.807, 2.05) is 0 Å². The van der Waals surface area contributed by atoms with Crippen molar-refractivity contribution in [2.24, 2.45) is 11.3 Å². The number of nitrogens with one attached hydrogen (secondary N) is 1. The van der Waals surface area contributed by atoms with Crippen LogP contribution in [0.5, 0.6) is 0 Å². The molecule has 2 rings (SSSR count). The van der Waals surface area contributed by atoms with Crippen molar-refractivity contribution in [3.05, 3.63) is 0 Å². The molecule has 27 heavy (non-hydrogen) atoms. The summed E-state index contributed by atoms with van der Waals surface area (Å²) in [6.07, 6.45) is 8.02. The van der Waals surface area contributed by atoms with E-state index in [0.717, 1.165) is 25.7 Å². The number of rotatable bonds is 6. The predicted molar refractivity (Wildman–Crippen MR) is 107 cm³/mol. The minimum atomic E-state index is -0.222. The molecule has 6 heteroatoms. The molecule has 1 unspecified atom stereocenters. The second kappa shape index (κ2) is 10.1. The van der Waals surface area contributed by atoms with Crippen LogP contribution in [0.1, 0.15) is 79.1 Å². The normalized spacial score (nSPS) is 28.4. The van der Waals surface area contributed by atoms with Gasteiger partial charge in [-0.3, -0.25) is 9.59 Å². The van der Waals surface area contributed by atoms with E-state index >= 15 is 0 Å². The topological polar surface area (TPSA) is 64.6 Å². The summed E-state index contributed by atoms with van der Waals surface area (Å²) in [7, 11) is 0. The van der Waals surface area contributed by atoms with E-state index in [9.17, 15) is 9.59 Å². The Hall–Kier alpha value is -0.810. The minimum absolute atomic E-state index is 0.0234. The molecule has 0 aromatic rings. The van der Waals surface area contributed by atoms with Gasteiger partial charge in [0.1, 0.15) is 12.0 Å². The first kappa shape index (κ1) is 22.5. The fraction of sp³-hybridized carbons (Fsp3) is 0.905. The summed E-state index contributed by atoms with van der Waals surface area (Å²) in [4.78, 5) is 23.5. The quantitative estimate of drug-likeness (QED) is 0.535. The Labute approximate surface area is 168 Å². The number of esters is 1. The maximum Gasteiger partial charge on any atom is 0.302 e. The third-order valence-corrected chi connectivity index (χ3v) is 6.09. The highest BCUT2D eigenvalue weighted by molar-refractivity contribution is 6.27. The smallest absolute Gasteiger partial charge is 0.302 e. The summed E-state index contributed by atoms with van der Waals surface area (Å²) >= 11 is 5.68. The van der Waals surface area contributed by atoms with Crippen molar-refractivity contribution in [3.8, 4) is 0 Å². The molecule has 0 radical (unpaired) electrons. The van der Waals surface area contributed by atoms with Crippen molar-refractivity contribution >= 4 is 23.5 Å². The van der Waals surface area contributed by atoms with E-state index in [-0.39, 0.29) is 47.5 Å². The SMILES string of the molecule is CC(=O)O[C@H](C[C@@H]1CC(NC(=O)CCl)C[C@H](C(C)(C)C)O1)C1CCCCC1. The van der Waals surface area contributed by atoms with Crippen LogP contribution < -0.4 is 5.32 Å². The molecule has 5 nitrogen and oxygen atoms in total. The standard InChI is InChI=1S/C21H36ClNO4/c1-14(24)26-18(15-8-6-5-7-9-15)12-17-10-16(23-20(25)13-22)11-19(27-17)21(2,3)4/h15-19H,5-13H2,1-4H3,(H,23,25)/t16?,17-,18+,19+/m0/s1. The van der Waals surface area contributed by atoms with E-state index < -0.39 is 0 Å². The van der Waals surface area contributed by atoms with Crippen molar-refractivity contribution in [2.75, 3.05) is 5.88 Å². The first-order valence-electron chi connectivity index (χ1n) is 10.4. The van der Waals surface area contributed by atoms with Crippen molar-refractivity contribution in [1.29, 1.82) is 0 Å². The van der Waals surface area contributed by atoms with Gasteiger partial charge in [-0.05, 0) is 37.0 Å². The molecule has 156 valence electrons. The molecule has 1 N–H and O–H groups in total. The van der Waals surface area contributed by atoms with Gasteiger partial charge in [0.2, 0.25) is 5.91 Å². The molecule has 1 saturated carbocycles. The zero-order valence-electron chi connectivity index (χ0n) is 17.3. The molecule has 2 fully saturated rings. The molecule has 1 amide bonds. The molecule has 0 bridgehead atoms. The van der Waals surface area contributed by atoms with E-state index in [1.54, 1.807) is 0 Å². The lowest BCUT2D eigenvalue weighted by Gasteiger charge is -2.43. The van der Waals surface area contributed by atoms with Gasteiger partial charge in [-0.15, -0.1) is 11.6 Å². The number of alkyl halides is 1. The number of hydrogen-bond acceptors (Lipinski definition) is 4. The molecule has 1 saturated heterocycles. The molecule has 0 aromatic heterocycles. The third kappa shape index (κ3) is 7.26. The summed E-state index contributed by atoms with van der Waals surface area (Å²) in [5.74, 6) is 0.0251. The third-order valence-electron chi connectivity index (χ3n) is 5.84. The van der Waals surface area contributed by atoms with Crippen molar-refractivity contribution < 1.29 is 19.1 Å². The lowest BCUT2D eigenvalue weighted by molar-refractivity contribution is -0.158. The van der Waals surface area contributed by atoms with Gasteiger partial charge in [-0.1, -0.05) is 40.0 Å². The Morgan fingerprint density at radius 3 is 2.41 bits per heavy atom. The molecule has 1 aliphatic carbocycles. The Morgan fingerprint density at radius 2 is 1.85 bits per heavy atom. The molecule has 1 aliphatic heterocycles. The maximum atomic E-state index is 11.8. The van der Waals surface area contributed by atoms with E-state index in [4.69, 9.17) is 21.1 Å². The molecule has 0 spiro atoms. The Balaban J connectivity index is 2.08. The van der Waals surface area contributed by atoms with Crippen LogP contribution in [-0.4, -0.2) is 42.1 Å². The Morgan fingerprint density at radius 1 is 1.19 bits per heavy atom. The molecule has 2 aliphatic rings. The summed E-state index contributed by atoms with van der Waals surface area (Å²) in [5.41, 5.74) is -0.0234. The van der Waals surface area contributed by atoms with Crippen molar-refractivity contribution in [2.45, 2.75) is 103 Å². The first-order chi connectivity index (χ1) is 12.7. The Bertz CT molecular complexity index is 499. The van der Waals surface area contributed by atoms with Gasteiger partial charge in [-0.25, -0.2) is 0 Å². The number of hydrogen-bond donors (Lipinski definition) is 1. The maximum absolute atomic E-state index is 11.8. The van der Waals surface area contributed by atoms with Crippen LogP contribution >= 0.6 is 11.6 Å². The van der Waals surface area contributed by atoms with Crippen LogP contribution in [0.15, 0.2) is 0 Å². The van der Waals surface area contributed by atoms with Gasteiger partial charge < -0.3 is 14.8 Å². The van der Waals surface area contributed by atoms with Gasteiger partial charge in [0.05, 0.1) is 12.2 Å². The average Bonchev–Trinajstić information content (AvgIpc) is 2.60. The minimum Gasteiger partial charge on any atom is -0.462 e. The average molecular weight is 402 g/mol. The molecule has 0 aromatic carbocycles. The second-order valence-corrected chi connectivity index (χ2v) is 9.53. The van der Waals surface area contributed by atoms with E-state index in [1.165, 1.54) is 26.2 Å². The highest BCUT2D eigenvalue weighted by Crippen LogP contribution is 2.36. The first-order valence-corrected chi connectivity index (χ1v) is 10.9. The Kier molecular flexibility index (Phi) is 8.41. The molecular formula is C21H36ClNO4. The number of carbonyl (C=O) groups excluding carboxylic acids is 2. The summed E-state index contributed by atoms with van der Waals surface area (Å²) < 4.78 is 12.1. The number of carbonyl (C=O) groups is 2. The van der Waals surface area contributed by atoms with Gasteiger partial charge in [-0.2, -0.15) is 0 Å². The summed E-state index contributed by atoms with van der Waals surface area (Å²) in [5, 5.41) is 3.04. The molecular weight excluding hydrogens is 366 g/mol. The monoisotopic (exact) mass is 401 g/mol. The molecule has 1 heterocycles. The number of ether oxygens (including phenoxy) is 2. The van der Waals surface area contributed by atoms with E-state index in [2.05, 4.69) is 26.1 Å². The summed E-state index contributed by atoms with van der Waals surface area (Å²) in [6.45, 7) is 7.96. The lowest BCUT2D eigenvalue weighted by Crippen LogP contribution is -2.50. The van der Waals surface area contributed by atoms with Gasteiger partial charge in [0, 0.05) is 19.4 Å². The molecule has 4 atom stereocenters. The van der Waals surface area contributed by atoms with Crippen LogP contribution in [0.3, 0.4) is 0 Å². The summed E-state index contributed by atoms with van der Waals surface area (Å²) in [6, 6.07) is 0.0450. The largest absolute Gasteiger partial charge is 0.462 e. The number of halogens is 1. The zero-order chi connectivity index (χ0) is 20.0. The van der Waals surface area contributed by atoms with Crippen LogP contribution in [0, 0.1) is 11.3 Å². The van der Waals surface area contributed by atoms with Crippen LogP contribution in [0.2, 0.25) is 0 Å².